The summed E-state index contributed by atoms with van der Waals surface area (Å²) in [5, 5.41) is 6.52. The standard InChI is InChI=1S/C25H28N6O3/c1-5-19(32)11-18-10-17(7-9-22(26)33)6-8-20(18)29-24-16(3)14-28-25(31-24)30-21-12-23(34-4)27-13-15(21)2/h5-6,8,10,12-14H,1,7,9,11H2,2-4H3,(H2,26,33)(H2,27,28,29,30,31). The summed E-state index contributed by atoms with van der Waals surface area (Å²) in [5.41, 5.74) is 10.2. The lowest BCUT2D eigenvalue weighted by Gasteiger charge is -2.15. The van der Waals surface area contributed by atoms with E-state index in [9.17, 15) is 9.59 Å². The third-order valence-corrected chi connectivity index (χ3v) is 5.18. The van der Waals surface area contributed by atoms with Gasteiger partial charge in [0.15, 0.2) is 5.78 Å². The predicted molar refractivity (Wildman–Crippen MR) is 132 cm³/mol. The summed E-state index contributed by atoms with van der Waals surface area (Å²) < 4.78 is 5.20. The summed E-state index contributed by atoms with van der Waals surface area (Å²) in [6.07, 6.45) is 5.62. The van der Waals surface area contributed by atoms with E-state index in [-0.39, 0.29) is 24.5 Å². The number of rotatable bonds is 11. The van der Waals surface area contributed by atoms with Crippen LogP contribution in [0.3, 0.4) is 0 Å². The zero-order valence-electron chi connectivity index (χ0n) is 19.5. The first kappa shape index (κ1) is 24.4. The van der Waals surface area contributed by atoms with Crippen molar-refractivity contribution in [2.45, 2.75) is 33.1 Å². The molecule has 0 aliphatic rings. The minimum atomic E-state index is -0.371. The van der Waals surface area contributed by atoms with E-state index in [0.29, 0.717) is 24.1 Å². The molecule has 0 unspecified atom stereocenters. The van der Waals surface area contributed by atoms with E-state index in [4.69, 9.17) is 10.5 Å². The Morgan fingerprint density at radius 1 is 1.09 bits per heavy atom. The number of benzene rings is 1. The van der Waals surface area contributed by atoms with Crippen molar-refractivity contribution < 1.29 is 14.3 Å². The number of primary amides is 1. The second kappa shape index (κ2) is 11.0. The number of carbonyl (C=O) groups excluding carboxylic acids is 2. The smallest absolute Gasteiger partial charge is 0.229 e. The molecule has 4 N–H and O–H groups in total. The van der Waals surface area contributed by atoms with Gasteiger partial charge in [0, 0.05) is 42.6 Å². The minimum absolute atomic E-state index is 0.112. The van der Waals surface area contributed by atoms with E-state index in [1.807, 2.05) is 32.0 Å². The van der Waals surface area contributed by atoms with Crippen molar-refractivity contribution in [2.24, 2.45) is 5.73 Å². The Kier molecular flexibility index (Phi) is 7.92. The number of nitrogens with zero attached hydrogens (tertiary/aromatic N) is 3. The second-order valence-electron chi connectivity index (χ2n) is 7.82. The van der Waals surface area contributed by atoms with Crippen LogP contribution in [0.2, 0.25) is 0 Å². The number of nitrogens with two attached hydrogens (primary N) is 1. The molecule has 0 atom stereocenters. The summed E-state index contributed by atoms with van der Waals surface area (Å²) in [4.78, 5) is 36.4. The van der Waals surface area contributed by atoms with Crippen LogP contribution in [0.15, 0.2) is 49.3 Å². The molecule has 2 heterocycles. The first-order valence-corrected chi connectivity index (χ1v) is 10.7. The molecule has 0 radical (unpaired) electrons. The maximum Gasteiger partial charge on any atom is 0.229 e. The molecule has 3 aromatic rings. The topological polar surface area (TPSA) is 132 Å². The van der Waals surface area contributed by atoms with Crippen molar-refractivity contribution in [1.82, 2.24) is 15.0 Å². The van der Waals surface area contributed by atoms with Gasteiger partial charge in [0.05, 0.1) is 12.8 Å². The average Bonchev–Trinajstić information content (AvgIpc) is 2.82. The van der Waals surface area contributed by atoms with E-state index in [1.165, 1.54) is 6.08 Å². The lowest BCUT2D eigenvalue weighted by atomic mass is 10.0. The number of nitrogens with one attached hydrogen (secondary N) is 2. The molecule has 3 rings (SSSR count). The number of allylic oxidation sites excluding steroid dienone is 1. The van der Waals surface area contributed by atoms with Crippen LogP contribution in [0, 0.1) is 13.8 Å². The van der Waals surface area contributed by atoms with Gasteiger partial charge in [-0.3, -0.25) is 9.59 Å². The SMILES string of the molecule is C=CC(=O)Cc1cc(CCC(N)=O)ccc1Nc1nc(Nc2cc(OC)ncc2C)ncc1C. The molecule has 0 aliphatic carbocycles. The fourth-order valence-electron chi connectivity index (χ4n) is 3.23. The van der Waals surface area contributed by atoms with Gasteiger partial charge >= 0.3 is 0 Å². The average molecular weight is 461 g/mol. The number of hydrogen-bond acceptors (Lipinski definition) is 8. The molecule has 9 nitrogen and oxygen atoms in total. The highest BCUT2D eigenvalue weighted by molar-refractivity contribution is 5.92. The predicted octanol–water partition coefficient (Wildman–Crippen LogP) is 3.70. The van der Waals surface area contributed by atoms with E-state index >= 15 is 0 Å². The van der Waals surface area contributed by atoms with Crippen LogP contribution < -0.4 is 21.1 Å². The quantitative estimate of drug-likeness (QED) is 0.369. The molecule has 0 bridgehead atoms. The molecule has 0 fully saturated rings. The maximum absolute atomic E-state index is 12.1. The molecular formula is C25H28N6O3. The van der Waals surface area contributed by atoms with Gasteiger partial charge in [0.1, 0.15) is 5.82 Å². The molecule has 1 amide bonds. The van der Waals surface area contributed by atoms with Crippen molar-refractivity contribution in [3.05, 3.63) is 71.6 Å². The molecule has 0 saturated carbocycles. The number of aromatic nitrogens is 3. The van der Waals surface area contributed by atoms with Crippen LogP contribution in [-0.2, 0) is 22.4 Å². The Balaban J connectivity index is 1.89. The van der Waals surface area contributed by atoms with Crippen LogP contribution in [0.5, 0.6) is 5.88 Å². The van der Waals surface area contributed by atoms with E-state index in [0.717, 1.165) is 33.6 Å². The van der Waals surface area contributed by atoms with Gasteiger partial charge in [-0.05, 0) is 49.1 Å². The van der Waals surface area contributed by atoms with Crippen LogP contribution in [0.4, 0.5) is 23.1 Å². The zero-order valence-corrected chi connectivity index (χ0v) is 19.5. The van der Waals surface area contributed by atoms with Crippen molar-refractivity contribution in [3.8, 4) is 5.88 Å². The van der Waals surface area contributed by atoms with Crippen molar-refractivity contribution >= 4 is 34.8 Å². The minimum Gasteiger partial charge on any atom is -0.481 e. The van der Waals surface area contributed by atoms with Gasteiger partial charge in [0.25, 0.3) is 0 Å². The highest BCUT2D eigenvalue weighted by atomic mass is 16.5. The summed E-state index contributed by atoms with van der Waals surface area (Å²) in [6.45, 7) is 7.38. The van der Waals surface area contributed by atoms with Crippen LogP contribution in [0.25, 0.3) is 0 Å². The Morgan fingerprint density at radius 3 is 2.56 bits per heavy atom. The van der Waals surface area contributed by atoms with Crippen LogP contribution >= 0.6 is 0 Å². The summed E-state index contributed by atoms with van der Waals surface area (Å²) >= 11 is 0. The van der Waals surface area contributed by atoms with Gasteiger partial charge < -0.3 is 21.1 Å². The molecule has 0 saturated heterocycles. The molecule has 34 heavy (non-hydrogen) atoms. The Morgan fingerprint density at radius 2 is 1.85 bits per heavy atom. The number of amides is 1. The number of anilines is 4. The van der Waals surface area contributed by atoms with Gasteiger partial charge in [0.2, 0.25) is 17.7 Å². The van der Waals surface area contributed by atoms with Crippen molar-refractivity contribution in [3.63, 3.8) is 0 Å². The number of ether oxygens (including phenoxy) is 1. The number of hydrogen-bond donors (Lipinski definition) is 3. The lowest BCUT2D eigenvalue weighted by Crippen LogP contribution is -2.11. The molecule has 2 aromatic heterocycles. The zero-order chi connectivity index (χ0) is 24.7. The first-order valence-electron chi connectivity index (χ1n) is 10.7. The van der Waals surface area contributed by atoms with Gasteiger partial charge in [-0.15, -0.1) is 0 Å². The molecule has 0 spiro atoms. The highest BCUT2D eigenvalue weighted by Crippen LogP contribution is 2.27. The highest BCUT2D eigenvalue weighted by Gasteiger charge is 2.12. The van der Waals surface area contributed by atoms with Gasteiger partial charge in [-0.1, -0.05) is 18.7 Å². The van der Waals surface area contributed by atoms with E-state index in [2.05, 4.69) is 32.2 Å². The molecule has 176 valence electrons. The second-order valence-corrected chi connectivity index (χ2v) is 7.82. The van der Waals surface area contributed by atoms with Crippen LogP contribution in [-0.4, -0.2) is 33.8 Å². The van der Waals surface area contributed by atoms with Crippen molar-refractivity contribution in [1.29, 1.82) is 0 Å². The third kappa shape index (κ3) is 6.38. The third-order valence-electron chi connectivity index (χ3n) is 5.18. The number of pyridine rings is 1. The number of carbonyl (C=O) groups is 2. The number of ketones is 1. The maximum atomic E-state index is 12.1. The number of aryl methyl sites for hydroxylation is 3. The normalized spacial score (nSPS) is 10.4. The van der Waals surface area contributed by atoms with E-state index < -0.39 is 0 Å². The van der Waals surface area contributed by atoms with Crippen molar-refractivity contribution in [2.75, 3.05) is 17.7 Å². The summed E-state index contributed by atoms with van der Waals surface area (Å²) in [7, 11) is 1.56. The Labute approximate surface area is 198 Å². The lowest BCUT2D eigenvalue weighted by molar-refractivity contribution is -0.118. The largest absolute Gasteiger partial charge is 0.481 e. The van der Waals surface area contributed by atoms with Gasteiger partial charge in [-0.2, -0.15) is 4.98 Å². The molecule has 1 aromatic carbocycles. The molecule has 0 aliphatic heterocycles. The fourth-order valence-corrected chi connectivity index (χ4v) is 3.23. The Bertz CT molecular complexity index is 1230. The fraction of sp³-hybridized carbons (Fsp3) is 0.240. The molecule has 9 heteroatoms. The van der Waals surface area contributed by atoms with Gasteiger partial charge in [-0.25, -0.2) is 9.97 Å². The summed E-state index contributed by atoms with van der Waals surface area (Å²) in [5.74, 6) is 0.981. The number of methoxy groups -OCH3 is 1. The summed E-state index contributed by atoms with van der Waals surface area (Å²) in [6, 6.07) is 7.44. The van der Waals surface area contributed by atoms with E-state index in [1.54, 1.807) is 25.6 Å². The Hall–Kier alpha value is -4.27. The first-order chi connectivity index (χ1) is 16.3. The monoisotopic (exact) mass is 460 g/mol. The molecular weight excluding hydrogens is 432 g/mol. The van der Waals surface area contributed by atoms with Crippen LogP contribution in [0.1, 0.15) is 28.7 Å².